The maximum Gasteiger partial charge on any atom is 0.253 e. The zero-order valence-corrected chi connectivity index (χ0v) is 16.5. The normalized spacial score (nSPS) is 19.7. The second-order valence-corrected chi connectivity index (χ2v) is 8.23. The lowest BCUT2D eigenvalue weighted by Crippen LogP contribution is -2.46. The summed E-state index contributed by atoms with van der Waals surface area (Å²) in [6.07, 6.45) is 7.61. The number of nitrogens with zero attached hydrogens (tertiary/aromatic N) is 2. The Bertz CT molecular complexity index is 603. The third-order valence-corrected chi connectivity index (χ3v) is 6.22. The van der Waals surface area contributed by atoms with Crippen LogP contribution in [0.1, 0.15) is 55.3 Å². The molecule has 1 saturated carbocycles. The van der Waals surface area contributed by atoms with Gasteiger partial charge >= 0.3 is 0 Å². The van der Waals surface area contributed by atoms with E-state index in [0.29, 0.717) is 24.7 Å². The van der Waals surface area contributed by atoms with Gasteiger partial charge in [-0.05, 0) is 49.9 Å². The molecule has 0 spiro atoms. The van der Waals surface area contributed by atoms with Crippen molar-refractivity contribution in [1.82, 2.24) is 9.80 Å². The Labute approximate surface area is 158 Å². The zero-order valence-electron chi connectivity index (χ0n) is 14.9. The number of carbonyl (C=O) groups excluding carboxylic acids is 2. The maximum atomic E-state index is 12.8. The smallest absolute Gasteiger partial charge is 0.253 e. The van der Waals surface area contributed by atoms with Gasteiger partial charge in [0.2, 0.25) is 5.91 Å². The van der Waals surface area contributed by atoms with Crippen LogP contribution in [0.4, 0.5) is 0 Å². The van der Waals surface area contributed by atoms with Gasteiger partial charge in [-0.1, -0.05) is 35.2 Å². The van der Waals surface area contributed by atoms with Crippen LogP contribution in [0, 0.1) is 5.92 Å². The molecule has 0 unspecified atom stereocenters. The summed E-state index contributed by atoms with van der Waals surface area (Å²) in [6.45, 7) is 1.34. The number of amides is 2. The zero-order chi connectivity index (χ0) is 17.8. The van der Waals surface area contributed by atoms with Crippen LogP contribution in [0.3, 0.4) is 0 Å². The van der Waals surface area contributed by atoms with Crippen molar-refractivity contribution < 1.29 is 9.59 Å². The summed E-state index contributed by atoms with van der Waals surface area (Å²) in [5, 5.41) is 0. The molecule has 0 aromatic heterocycles. The molecule has 2 fully saturated rings. The first-order valence-corrected chi connectivity index (χ1v) is 10.2. The lowest BCUT2D eigenvalue weighted by atomic mass is 9.91. The van der Waals surface area contributed by atoms with Crippen LogP contribution in [0.25, 0.3) is 0 Å². The molecule has 1 aliphatic carbocycles. The third kappa shape index (κ3) is 4.43. The minimum atomic E-state index is 0.0686. The molecule has 1 aromatic carbocycles. The molecule has 136 valence electrons. The van der Waals surface area contributed by atoms with E-state index < -0.39 is 0 Å². The first kappa shape index (κ1) is 18.4. The van der Waals surface area contributed by atoms with Gasteiger partial charge in [0.1, 0.15) is 0 Å². The molecule has 0 bridgehead atoms. The van der Waals surface area contributed by atoms with Gasteiger partial charge in [-0.2, -0.15) is 0 Å². The number of carbonyl (C=O) groups is 2. The Morgan fingerprint density at radius 3 is 2.20 bits per heavy atom. The first-order valence-electron chi connectivity index (χ1n) is 9.38. The number of benzene rings is 1. The van der Waals surface area contributed by atoms with Crippen LogP contribution in [0.15, 0.2) is 28.7 Å². The van der Waals surface area contributed by atoms with Crippen LogP contribution in [-0.4, -0.2) is 47.8 Å². The van der Waals surface area contributed by atoms with Crippen molar-refractivity contribution in [3.63, 3.8) is 0 Å². The first-order chi connectivity index (χ1) is 12.1. The van der Waals surface area contributed by atoms with Crippen LogP contribution in [0.5, 0.6) is 0 Å². The van der Waals surface area contributed by atoms with Crippen LogP contribution in [0.2, 0.25) is 0 Å². The molecule has 2 aliphatic rings. The number of hydrogen-bond acceptors (Lipinski definition) is 2. The van der Waals surface area contributed by atoms with E-state index >= 15 is 0 Å². The molecular formula is C20H27BrN2O2. The van der Waals surface area contributed by atoms with Gasteiger partial charge in [-0.3, -0.25) is 9.59 Å². The van der Waals surface area contributed by atoms with Crippen molar-refractivity contribution in [3.8, 4) is 0 Å². The quantitative estimate of drug-likeness (QED) is 0.757. The maximum absolute atomic E-state index is 12.8. The average Bonchev–Trinajstić information content (AvgIpc) is 2.67. The third-order valence-electron chi connectivity index (χ3n) is 5.69. The standard InChI is InChI=1S/C20H27BrN2O2/c1-22(18-5-3-2-4-6-18)19(24)16-11-13-23(14-12-16)20(25)15-7-9-17(21)10-8-15/h7-10,16,18H,2-6,11-14H2,1H3. The van der Waals surface area contributed by atoms with Gasteiger partial charge in [-0.15, -0.1) is 0 Å². The summed E-state index contributed by atoms with van der Waals surface area (Å²) in [6, 6.07) is 7.90. The van der Waals surface area contributed by atoms with Crippen molar-refractivity contribution in [3.05, 3.63) is 34.3 Å². The topological polar surface area (TPSA) is 40.6 Å². The molecule has 1 aromatic rings. The Morgan fingerprint density at radius 1 is 1.00 bits per heavy atom. The Morgan fingerprint density at radius 2 is 1.60 bits per heavy atom. The molecule has 1 saturated heterocycles. The summed E-state index contributed by atoms with van der Waals surface area (Å²) in [5.74, 6) is 0.419. The molecule has 1 heterocycles. The minimum Gasteiger partial charge on any atom is -0.343 e. The number of piperidine rings is 1. The molecule has 1 aliphatic heterocycles. The molecule has 0 atom stereocenters. The number of likely N-dealkylation sites (tertiary alicyclic amines) is 1. The highest BCUT2D eigenvalue weighted by Gasteiger charge is 2.32. The molecule has 3 rings (SSSR count). The predicted molar refractivity (Wildman–Crippen MR) is 102 cm³/mol. The van der Waals surface area contributed by atoms with Gasteiger partial charge in [0.05, 0.1) is 0 Å². The Balaban J connectivity index is 1.53. The molecule has 25 heavy (non-hydrogen) atoms. The van der Waals surface area contributed by atoms with Gasteiger partial charge < -0.3 is 9.80 Å². The van der Waals surface area contributed by atoms with Crippen molar-refractivity contribution in [2.24, 2.45) is 5.92 Å². The highest BCUT2D eigenvalue weighted by Crippen LogP contribution is 2.26. The van der Waals surface area contributed by atoms with Crippen molar-refractivity contribution in [2.45, 2.75) is 51.0 Å². The summed E-state index contributed by atoms with van der Waals surface area (Å²) >= 11 is 3.39. The Kier molecular flexibility index (Phi) is 6.15. The highest BCUT2D eigenvalue weighted by molar-refractivity contribution is 9.10. The molecule has 0 N–H and O–H groups in total. The monoisotopic (exact) mass is 406 g/mol. The van der Waals surface area contributed by atoms with Crippen LogP contribution >= 0.6 is 15.9 Å². The predicted octanol–water partition coefficient (Wildman–Crippen LogP) is 4.09. The van der Waals surface area contributed by atoms with Gasteiger partial charge in [0.25, 0.3) is 5.91 Å². The van der Waals surface area contributed by atoms with E-state index in [0.717, 1.165) is 30.2 Å². The van der Waals surface area contributed by atoms with E-state index in [-0.39, 0.29) is 17.7 Å². The largest absolute Gasteiger partial charge is 0.343 e. The second-order valence-electron chi connectivity index (χ2n) is 7.31. The summed E-state index contributed by atoms with van der Waals surface area (Å²) in [5.41, 5.74) is 0.715. The second kappa shape index (κ2) is 8.35. The molecule has 2 amide bonds. The lowest BCUT2D eigenvalue weighted by Gasteiger charge is -2.37. The van der Waals surface area contributed by atoms with Gasteiger partial charge in [-0.25, -0.2) is 0 Å². The van der Waals surface area contributed by atoms with Crippen molar-refractivity contribution in [1.29, 1.82) is 0 Å². The molecular weight excluding hydrogens is 380 g/mol. The van der Waals surface area contributed by atoms with E-state index in [2.05, 4.69) is 15.9 Å². The van der Waals surface area contributed by atoms with E-state index in [1.807, 2.05) is 41.1 Å². The Hall–Kier alpha value is -1.36. The summed E-state index contributed by atoms with van der Waals surface area (Å²) in [7, 11) is 1.97. The van der Waals surface area contributed by atoms with E-state index in [4.69, 9.17) is 0 Å². The van der Waals surface area contributed by atoms with E-state index in [9.17, 15) is 9.59 Å². The average molecular weight is 407 g/mol. The lowest BCUT2D eigenvalue weighted by molar-refractivity contribution is -0.138. The molecule has 5 heteroatoms. The fourth-order valence-corrected chi connectivity index (χ4v) is 4.31. The fourth-order valence-electron chi connectivity index (χ4n) is 4.04. The molecule has 0 radical (unpaired) electrons. The highest BCUT2D eigenvalue weighted by atomic mass is 79.9. The van der Waals surface area contributed by atoms with E-state index in [1.54, 1.807) is 0 Å². The number of rotatable bonds is 3. The van der Waals surface area contributed by atoms with Gasteiger partial charge in [0.15, 0.2) is 0 Å². The summed E-state index contributed by atoms with van der Waals surface area (Å²) < 4.78 is 0.971. The SMILES string of the molecule is CN(C(=O)C1CCN(C(=O)c2ccc(Br)cc2)CC1)C1CCCCC1. The van der Waals surface area contributed by atoms with Crippen LogP contribution in [-0.2, 0) is 4.79 Å². The van der Waals surface area contributed by atoms with Crippen molar-refractivity contribution >= 4 is 27.7 Å². The fraction of sp³-hybridized carbons (Fsp3) is 0.600. The minimum absolute atomic E-state index is 0.0686. The summed E-state index contributed by atoms with van der Waals surface area (Å²) in [4.78, 5) is 29.3. The number of halogens is 1. The van der Waals surface area contributed by atoms with Crippen molar-refractivity contribution in [2.75, 3.05) is 20.1 Å². The van der Waals surface area contributed by atoms with Gasteiger partial charge in [0, 0.05) is 42.1 Å². The van der Waals surface area contributed by atoms with E-state index in [1.165, 1.54) is 19.3 Å². The molecule has 4 nitrogen and oxygen atoms in total. The number of hydrogen-bond donors (Lipinski definition) is 0. The van der Waals surface area contributed by atoms with Crippen LogP contribution < -0.4 is 0 Å².